The maximum Gasteiger partial charge on any atom is 0.180 e. The molecule has 3 aromatic heterocycles. The number of nitrogens with one attached hydrogen (secondary N) is 1. The first-order chi connectivity index (χ1) is 15.1. The minimum atomic E-state index is 0.628. The predicted molar refractivity (Wildman–Crippen MR) is 119 cm³/mol. The first-order valence-electron chi connectivity index (χ1n) is 10.8. The van der Waals surface area contributed by atoms with Gasteiger partial charge in [-0.1, -0.05) is 45.0 Å². The Hall–Kier alpha value is -3.42. The lowest BCUT2D eigenvalue weighted by molar-refractivity contribution is 0.551. The molecule has 0 radical (unpaired) electrons. The van der Waals surface area contributed by atoms with Gasteiger partial charge in [-0.2, -0.15) is 5.10 Å². The minimum Gasteiger partial charge on any atom is -0.264 e. The number of aromatic amines is 1. The van der Waals surface area contributed by atoms with E-state index < -0.39 is 0 Å². The molecular formula is C23H28N8. The van der Waals surface area contributed by atoms with Gasteiger partial charge in [0.15, 0.2) is 11.6 Å². The highest BCUT2D eigenvalue weighted by Crippen LogP contribution is 2.29. The normalized spacial score (nSPS) is 11.4. The smallest absolute Gasteiger partial charge is 0.180 e. The molecule has 0 fully saturated rings. The second kappa shape index (κ2) is 9.59. The summed E-state index contributed by atoms with van der Waals surface area (Å²) in [6.45, 7) is 7.53. The number of hydrogen-bond acceptors (Lipinski definition) is 6. The van der Waals surface area contributed by atoms with Gasteiger partial charge in [-0.3, -0.25) is 4.98 Å². The Morgan fingerprint density at radius 1 is 1.06 bits per heavy atom. The average Bonchev–Trinajstić information content (AvgIpc) is 3.44. The van der Waals surface area contributed by atoms with Crippen molar-refractivity contribution >= 4 is 0 Å². The summed E-state index contributed by atoms with van der Waals surface area (Å²) in [4.78, 5) is 9.12. The summed E-state index contributed by atoms with van der Waals surface area (Å²) in [6.07, 6.45) is 7.43. The lowest BCUT2D eigenvalue weighted by Gasteiger charge is -2.08. The van der Waals surface area contributed by atoms with E-state index in [0.717, 1.165) is 60.6 Å². The number of rotatable bonds is 9. The third-order valence-electron chi connectivity index (χ3n) is 5.22. The van der Waals surface area contributed by atoms with Crippen molar-refractivity contribution in [1.82, 2.24) is 40.4 Å². The van der Waals surface area contributed by atoms with Gasteiger partial charge >= 0.3 is 0 Å². The molecule has 0 aliphatic carbocycles. The van der Waals surface area contributed by atoms with Crippen molar-refractivity contribution in [3.63, 3.8) is 0 Å². The monoisotopic (exact) mass is 416 g/mol. The van der Waals surface area contributed by atoms with Crippen LogP contribution < -0.4 is 0 Å². The number of aromatic nitrogens is 8. The van der Waals surface area contributed by atoms with Crippen LogP contribution in [0.25, 0.3) is 22.5 Å². The first kappa shape index (κ1) is 20.8. The predicted octanol–water partition coefficient (Wildman–Crippen LogP) is 4.11. The Bertz CT molecular complexity index is 1100. The minimum absolute atomic E-state index is 0.628. The number of aryl methyl sites for hydroxylation is 2. The van der Waals surface area contributed by atoms with E-state index in [4.69, 9.17) is 10.1 Å². The average molecular weight is 417 g/mol. The molecule has 0 bridgehead atoms. The molecule has 0 aliphatic rings. The fourth-order valence-corrected chi connectivity index (χ4v) is 3.56. The number of tetrazole rings is 1. The van der Waals surface area contributed by atoms with Gasteiger partial charge in [0, 0.05) is 42.9 Å². The summed E-state index contributed by atoms with van der Waals surface area (Å²) in [5.41, 5.74) is 4.18. The van der Waals surface area contributed by atoms with Crippen molar-refractivity contribution in [2.75, 3.05) is 0 Å². The van der Waals surface area contributed by atoms with Crippen molar-refractivity contribution in [3.8, 4) is 22.5 Å². The topological polar surface area (TPSA) is 98.1 Å². The van der Waals surface area contributed by atoms with Crippen LogP contribution in [0.5, 0.6) is 0 Å². The molecule has 0 aliphatic heterocycles. The maximum atomic E-state index is 4.84. The summed E-state index contributed by atoms with van der Waals surface area (Å²) in [7, 11) is 0. The van der Waals surface area contributed by atoms with Crippen LogP contribution in [-0.4, -0.2) is 40.4 Å². The van der Waals surface area contributed by atoms with Crippen LogP contribution in [0.4, 0.5) is 0 Å². The third kappa shape index (κ3) is 5.02. The maximum absolute atomic E-state index is 4.84. The van der Waals surface area contributed by atoms with E-state index in [1.165, 1.54) is 5.56 Å². The second-order valence-electron chi connectivity index (χ2n) is 8.14. The molecule has 1 aromatic carbocycles. The molecule has 0 atom stereocenters. The molecule has 31 heavy (non-hydrogen) atoms. The summed E-state index contributed by atoms with van der Waals surface area (Å²) in [6, 6.07) is 10.4. The lowest BCUT2D eigenvalue weighted by Crippen LogP contribution is -2.06. The number of nitrogens with zero attached hydrogens (tertiary/aromatic N) is 7. The largest absolute Gasteiger partial charge is 0.264 e. The van der Waals surface area contributed by atoms with E-state index in [-0.39, 0.29) is 0 Å². The summed E-state index contributed by atoms with van der Waals surface area (Å²) in [5.74, 6) is 3.26. The van der Waals surface area contributed by atoms with Crippen LogP contribution in [0, 0.1) is 5.92 Å². The summed E-state index contributed by atoms with van der Waals surface area (Å²) in [5, 5.41) is 19.0. The van der Waals surface area contributed by atoms with E-state index >= 15 is 0 Å². The van der Waals surface area contributed by atoms with Crippen molar-refractivity contribution in [3.05, 3.63) is 59.9 Å². The Balaban J connectivity index is 1.55. The molecule has 0 unspecified atom stereocenters. The molecule has 0 spiro atoms. The van der Waals surface area contributed by atoms with E-state index in [0.29, 0.717) is 11.7 Å². The van der Waals surface area contributed by atoms with Crippen molar-refractivity contribution in [1.29, 1.82) is 0 Å². The third-order valence-corrected chi connectivity index (χ3v) is 5.22. The number of pyridine rings is 1. The molecular weight excluding hydrogens is 388 g/mol. The van der Waals surface area contributed by atoms with Crippen LogP contribution in [0.15, 0.2) is 42.7 Å². The molecule has 4 aromatic rings. The van der Waals surface area contributed by atoms with Gasteiger partial charge in [0.25, 0.3) is 0 Å². The van der Waals surface area contributed by atoms with Crippen molar-refractivity contribution < 1.29 is 0 Å². The van der Waals surface area contributed by atoms with Crippen molar-refractivity contribution in [2.24, 2.45) is 5.92 Å². The van der Waals surface area contributed by atoms with Gasteiger partial charge in [-0.05, 0) is 46.4 Å². The van der Waals surface area contributed by atoms with E-state index in [1.807, 2.05) is 12.3 Å². The first-order valence-corrected chi connectivity index (χ1v) is 10.8. The Morgan fingerprint density at radius 2 is 1.90 bits per heavy atom. The highest BCUT2D eigenvalue weighted by Gasteiger charge is 2.13. The van der Waals surface area contributed by atoms with E-state index in [2.05, 4.69) is 75.3 Å². The van der Waals surface area contributed by atoms with Crippen LogP contribution in [0.2, 0.25) is 0 Å². The number of H-pyrrole nitrogens is 1. The van der Waals surface area contributed by atoms with Crippen molar-refractivity contribution in [2.45, 2.75) is 53.0 Å². The Kier molecular flexibility index (Phi) is 6.45. The fourth-order valence-electron chi connectivity index (χ4n) is 3.56. The highest BCUT2D eigenvalue weighted by atomic mass is 15.5. The number of hydrogen-bond donors (Lipinski definition) is 1. The van der Waals surface area contributed by atoms with Gasteiger partial charge in [0.1, 0.15) is 5.82 Å². The Labute approximate surface area is 182 Å². The van der Waals surface area contributed by atoms with Gasteiger partial charge in [0.2, 0.25) is 0 Å². The number of benzene rings is 1. The van der Waals surface area contributed by atoms with E-state index in [9.17, 15) is 0 Å². The van der Waals surface area contributed by atoms with Crippen LogP contribution in [-0.2, 0) is 19.4 Å². The SMILES string of the molecule is CCCn1nc(CCC(C)C)nc1Cc1ccc(-c2cnccc2-c2nnn[nH]2)cc1. The zero-order valence-electron chi connectivity index (χ0n) is 18.3. The second-order valence-corrected chi connectivity index (χ2v) is 8.14. The fraction of sp³-hybridized carbons (Fsp3) is 0.391. The quantitative estimate of drug-likeness (QED) is 0.441. The van der Waals surface area contributed by atoms with Gasteiger partial charge in [0.05, 0.1) is 0 Å². The molecule has 3 heterocycles. The zero-order valence-corrected chi connectivity index (χ0v) is 18.3. The van der Waals surface area contributed by atoms with Gasteiger partial charge in [-0.25, -0.2) is 14.8 Å². The lowest BCUT2D eigenvalue weighted by atomic mass is 9.99. The van der Waals surface area contributed by atoms with Crippen LogP contribution in [0.3, 0.4) is 0 Å². The van der Waals surface area contributed by atoms with E-state index in [1.54, 1.807) is 6.20 Å². The molecule has 160 valence electrons. The summed E-state index contributed by atoms with van der Waals surface area (Å²) < 4.78 is 2.07. The highest BCUT2D eigenvalue weighted by molar-refractivity contribution is 5.79. The molecule has 0 saturated carbocycles. The Morgan fingerprint density at radius 3 is 2.61 bits per heavy atom. The van der Waals surface area contributed by atoms with Gasteiger partial charge in [-0.15, -0.1) is 5.10 Å². The molecule has 1 N–H and O–H groups in total. The molecule has 8 heteroatoms. The van der Waals surface area contributed by atoms with Crippen LogP contribution in [0.1, 0.15) is 50.8 Å². The van der Waals surface area contributed by atoms with Gasteiger partial charge < -0.3 is 0 Å². The standard InChI is InChI=1S/C23H28N8/c1-4-13-31-22(25-21(28-31)10-5-16(2)3)14-17-6-8-18(9-7-17)20-15-24-12-11-19(20)23-26-29-30-27-23/h6-9,11-12,15-16H,4-5,10,13-14H2,1-3H3,(H,26,27,29,30). The molecule has 8 nitrogen and oxygen atoms in total. The van der Waals surface area contributed by atoms with Crippen LogP contribution >= 0.6 is 0 Å². The molecule has 4 rings (SSSR count). The summed E-state index contributed by atoms with van der Waals surface area (Å²) >= 11 is 0. The zero-order chi connectivity index (χ0) is 21.6. The molecule has 0 saturated heterocycles. The molecule has 0 amide bonds.